The van der Waals surface area contributed by atoms with Gasteiger partial charge in [0.25, 0.3) is 0 Å². The summed E-state index contributed by atoms with van der Waals surface area (Å²) in [6.07, 6.45) is 2.56. The highest BCUT2D eigenvalue weighted by Crippen LogP contribution is 2.15. The van der Waals surface area contributed by atoms with Crippen LogP contribution >= 0.6 is 24.0 Å². The average molecular weight is 382 g/mol. The lowest BCUT2D eigenvalue weighted by atomic mass is 10.1. The van der Waals surface area contributed by atoms with E-state index in [0.717, 1.165) is 18.4 Å². The smallest absolute Gasteiger partial charge is 0.191 e. The van der Waals surface area contributed by atoms with E-state index in [9.17, 15) is 0 Å². The van der Waals surface area contributed by atoms with E-state index in [0.29, 0.717) is 0 Å². The molecule has 0 aromatic heterocycles. The second kappa shape index (κ2) is 9.00. The van der Waals surface area contributed by atoms with Gasteiger partial charge in [-0.1, -0.05) is 6.92 Å². The lowest BCUT2D eigenvalue weighted by Crippen LogP contribution is -2.48. The van der Waals surface area contributed by atoms with Crippen molar-refractivity contribution >= 4 is 29.9 Å². The standard InChI is InChI=1S/C14H30N4.HI/c1-6-8-18-9-7-12(11-18)10-16-13(15-5)17-14(2,3)4;/h12H,6-11H2,1-5H3,(H2,15,16,17);1H. The Morgan fingerprint density at radius 3 is 2.58 bits per heavy atom. The monoisotopic (exact) mass is 382 g/mol. The van der Waals surface area contributed by atoms with Gasteiger partial charge in [0, 0.05) is 25.7 Å². The normalized spacial score (nSPS) is 21.1. The molecule has 1 aliphatic rings. The maximum atomic E-state index is 4.27. The first-order valence-corrected chi connectivity index (χ1v) is 7.15. The van der Waals surface area contributed by atoms with Crippen LogP contribution in [0.1, 0.15) is 40.5 Å². The van der Waals surface area contributed by atoms with Crippen LogP contribution in [-0.2, 0) is 0 Å². The second-order valence-corrected chi connectivity index (χ2v) is 6.28. The summed E-state index contributed by atoms with van der Waals surface area (Å²) in [4.78, 5) is 6.83. The minimum Gasteiger partial charge on any atom is -0.356 e. The second-order valence-electron chi connectivity index (χ2n) is 6.28. The lowest BCUT2D eigenvalue weighted by molar-refractivity contribution is 0.324. The van der Waals surface area contributed by atoms with Gasteiger partial charge in [0.2, 0.25) is 0 Å². The Balaban J connectivity index is 0.00000324. The molecule has 1 heterocycles. The van der Waals surface area contributed by atoms with Crippen LogP contribution in [0, 0.1) is 5.92 Å². The molecule has 0 aromatic carbocycles. The molecular weight excluding hydrogens is 351 g/mol. The van der Waals surface area contributed by atoms with E-state index < -0.39 is 0 Å². The van der Waals surface area contributed by atoms with Gasteiger partial charge in [0.15, 0.2) is 5.96 Å². The third-order valence-corrected chi connectivity index (χ3v) is 3.18. The molecule has 1 atom stereocenters. The highest BCUT2D eigenvalue weighted by Gasteiger charge is 2.22. The van der Waals surface area contributed by atoms with E-state index in [1.165, 1.54) is 32.5 Å². The molecule has 0 amide bonds. The SMILES string of the molecule is CCCN1CCC(CNC(=NC)NC(C)(C)C)C1.I. The van der Waals surface area contributed by atoms with Gasteiger partial charge in [0.05, 0.1) is 0 Å². The van der Waals surface area contributed by atoms with Gasteiger partial charge < -0.3 is 15.5 Å². The number of likely N-dealkylation sites (tertiary alicyclic amines) is 1. The Morgan fingerprint density at radius 2 is 2.05 bits per heavy atom. The molecule has 1 saturated heterocycles. The van der Waals surface area contributed by atoms with Gasteiger partial charge in [0.1, 0.15) is 0 Å². The van der Waals surface area contributed by atoms with E-state index in [1.54, 1.807) is 0 Å². The van der Waals surface area contributed by atoms with Crippen molar-refractivity contribution < 1.29 is 0 Å². The summed E-state index contributed by atoms with van der Waals surface area (Å²) in [5.41, 5.74) is 0.0613. The van der Waals surface area contributed by atoms with Crippen molar-refractivity contribution in [3.8, 4) is 0 Å². The minimum absolute atomic E-state index is 0. The molecular formula is C14H31IN4. The van der Waals surface area contributed by atoms with E-state index in [2.05, 4.69) is 48.2 Å². The predicted octanol–water partition coefficient (Wildman–Crippen LogP) is 2.30. The van der Waals surface area contributed by atoms with Crippen molar-refractivity contribution in [3.05, 3.63) is 0 Å². The zero-order chi connectivity index (χ0) is 13.6. The van der Waals surface area contributed by atoms with E-state index in [4.69, 9.17) is 0 Å². The molecule has 0 saturated carbocycles. The van der Waals surface area contributed by atoms with Gasteiger partial charge >= 0.3 is 0 Å². The van der Waals surface area contributed by atoms with Gasteiger partial charge in [-0.05, 0) is 52.6 Å². The molecule has 19 heavy (non-hydrogen) atoms. The van der Waals surface area contributed by atoms with Crippen LogP contribution in [0.4, 0.5) is 0 Å². The first kappa shape index (κ1) is 19.0. The number of hydrogen-bond acceptors (Lipinski definition) is 2. The Kier molecular flexibility index (Phi) is 8.98. The van der Waals surface area contributed by atoms with E-state index in [-0.39, 0.29) is 29.5 Å². The number of nitrogens with one attached hydrogen (secondary N) is 2. The average Bonchev–Trinajstić information content (AvgIpc) is 2.71. The van der Waals surface area contributed by atoms with E-state index >= 15 is 0 Å². The fourth-order valence-electron chi connectivity index (χ4n) is 2.37. The summed E-state index contributed by atoms with van der Waals surface area (Å²) in [5, 5.41) is 6.83. The summed E-state index contributed by atoms with van der Waals surface area (Å²) in [6, 6.07) is 0. The van der Waals surface area contributed by atoms with E-state index in [1.807, 2.05) is 7.05 Å². The fraction of sp³-hybridized carbons (Fsp3) is 0.929. The Labute approximate surface area is 135 Å². The molecule has 2 N–H and O–H groups in total. The van der Waals surface area contributed by atoms with Crippen molar-refractivity contribution in [2.24, 2.45) is 10.9 Å². The molecule has 5 heteroatoms. The topological polar surface area (TPSA) is 39.7 Å². The van der Waals surface area contributed by atoms with Crippen molar-refractivity contribution in [3.63, 3.8) is 0 Å². The molecule has 4 nitrogen and oxygen atoms in total. The number of nitrogens with zero attached hydrogens (tertiary/aromatic N) is 2. The predicted molar refractivity (Wildman–Crippen MR) is 94.5 cm³/mol. The van der Waals surface area contributed by atoms with Crippen molar-refractivity contribution in [2.45, 2.75) is 46.1 Å². The number of halogens is 1. The Bertz CT molecular complexity index is 273. The van der Waals surface area contributed by atoms with Crippen LogP contribution in [-0.4, -0.2) is 49.6 Å². The molecule has 0 aromatic rings. The largest absolute Gasteiger partial charge is 0.356 e. The van der Waals surface area contributed by atoms with Gasteiger partial charge in [-0.2, -0.15) is 0 Å². The number of rotatable bonds is 4. The molecule has 0 aliphatic carbocycles. The first-order valence-electron chi connectivity index (χ1n) is 7.15. The maximum absolute atomic E-state index is 4.27. The third kappa shape index (κ3) is 7.97. The number of guanidine groups is 1. The molecule has 0 spiro atoms. The van der Waals surface area contributed by atoms with Crippen LogP contribution in [0.15, 0.2) is 4.99 Å². The summed E-state index contributed by atoms with van der Waals surface area (Å²) in [5.74, 6) is 1.67. The highest BCUT2D eigenvalue weighted by molar-refractivity contribution is 14.0. The summed E-state index contributed by atoms with van der Waals surface area (Å²) >= 11 is 0. The molecule has 1 rings (SSSR count). The first-order chi connectivity index (χ1) is 8.44. The molecule has 1 fully saturated rings. The van der Waals surface area contributed by atoms with Gasteiger partial charge in [-0.15, -0.1) is 24.0 Å². The van der Waals surface area contributed by atoms with Crippen LogP contribution in [0.3, 0.4) is 0 Å². The highest BCUT2D eigenvalue weighted by atomic mass is 127. The molecule has 1 aliphatic heterocycles. The number of aliphatic imine (C=N–C) groups is 1. The van der Waals surface area contributed by atoms with Crippen LogP contribution in [0.25, 0.3) is 0 Å². The maximum Gasteiger partial charge on any atom is 0.191 e. The summed E-state index contributed by atoms with van der Waals surface area (Å²) < 4.78 is 0. The summed E-state index contributed by atoms with van der Waals surface area (Å²) in [6.45, 7) is 13.5. The molecule has 0 bridgehead atoms. The van der Waals surface area contributed by atoms with Crippen LogP contribution < -0.4 is 10.6 Å². The molecule has 114 valence electrons. The number of hydrogen-bond donors (Lipinski definition) is 2. The summed E-state index contributed by atoms with van der Waals surface area (Å²) in [7, 11) is 1.83. The van der Waals surface area contributed by atoms with Gasteiger partial charge in [-0.3, -0.25) is 4.99 Å². The lowest BCUT2D eigenvalue weighted by Gasteiger charge is -2.24. The minimum atomic E-state index is 0. The fourth-order valence-corrected chi connectivity index (χ4v) is 2.37. The van der Waals surface area contributed by atoms with Gasteiger partial charge in [-0.25, -0.2) is 0 Å². The Hall–Kier alpha value is -0.0400. The third-order valence-electron chi connectivity index (χ3n) is 3.18. The molecule has 1 unspecified atom stereocenters. The van der Waals surface area contributed by atoms with Crippen LogP contribution in [0.2, 0.25) is 0 Å². The zero-order valence-electron chi connectivity index (χ0n) is 13.1. The van der Waals surface area contributed by atoms with Crippen LogP contribution in [0.5, 0.6) is 0 Å². The van der Waals surface area contributed by atoms with Crippen molar-refractivity contribution in [1.82, 2.24) is 15.5 Å². The Morgan fingerprint density at radius 1 is 1.37 bits per heavy atom. The molecule has 0 radical (unpaired) electrons. The van der Waals surface area contributed by atoms with Crippen molar-refractivity contribution in [2.75, 3.05) is 33.2 Å². The van der Waals surface area contributed by atoms with Crippen molar-refractivity contribution in [1.29, 1.82) is 0 Å². The zero-order valence-corrected chi connectivity index (χ0v) is 15.5. The quantitative estimate of drug-likeness (QED) is 0.445.